The molecule has 7 heteroatoms. The van der Waals surface area contributed by atoms with Gasteiger partial charge in [0.1, 0.15) is 0 Å². The number of fused-ring (bicyclic) bond motifs is 1. The minimum Gasteiger partial charge on any atom is -0.317 e. The molecule has 0 bridgehead atoms. The van der Waals surface area contributed by atoms with E-state index >= 15 is 0 Å². The fraction of sp³-hybridized carbons (Fsp3) is 0.214. The molecule has 0 unspecified atom stereocenters. The molecular weight excluding hydrogens is 282 g/mol. The Morgan fingerprint density at radius 2 is 1.95 bits per heavy atom. The lowest BCUT2D eigenvalue weighted by Crippen LogP contribution is -2.13. The summed E-state index contributed by atoms with van der Waals surface area (Å²) < 4.78 is 28.7. The molecule has 0 fully saturated rings. The minimum absolute atomic E-state index is 0.0352. The highest BCUT2D eigenvalue weighted by molar-refractivity contribution is 5.98. The number of nitro benzene ring substituents is 1. The second-order valence-corrected chi connectivity index (χ2v) is 4.83. The van der Waals surface area contributed by atoms with Crippen molar-refractivity contribution in [2.24, 2.45) is 0 Å². The van der Waals surface area contributed by atoms with E-state index in [1.807, 2.05) is 0 Å². The van der Waals surface area contributed by atoms with Gasteiger partial charge in [0.2, 0.25) is 5.82 Å². The molecule has 1 aromatic heterocycles. The normalized spacial score (nSPS) is 14.1. The number of Topliss-reactive ketones (excluding diaryl/α,β-unsaturated/α-hetero) is 1. The van der Waals surface area contributed by atoms with E-state index < -0.39 is 22.2 Å². The minimum atomic E-state index is -1.22. The summed E-state index contributed by atoms with van der Waals surface area (Å²) in [6.07, 6.45) is 3.12. The van der Waals surface area contributed by atoms with E-state index in [9.17, 15) is 23.7 Å². The van der Waals surface area contributed by atoms with E-state index in [1.165, 1.54) is 10.8 Å². The number of aromatic nitrogens is 1. The third-order valence-electron chi connectivity index (χ3n) is 3.58. The molecule has 0 saturated heterocycles. The SMILES string of the molecule is O=C1CCCc2c1ccn2-c1cc([N+](=O)[O-])c(F)cc1F. The predicted molar refractivity (Wildman–Crippen MR) is 69.6 cm³/mol. The Morgan fingerprint density at radius 1 is 1.19 bits per heavy atom. The summed E-state index contributed by atoms with van der Waals surface area (Å²) in [5, 5.41) is 10.8. The van der Waals surface area contributed by atoms with E-state index in [-0.39, 0.29) is 11.5 Å². The van der Waals surface area contributed by atoms with Crippen LogP contribution in [0.3, 0.4) is 0 Å². The number of hydrogen-bond acceptors (Lipinski definition) is 3. The summed E-state index contributed by atoms with van der Waals surface area (Å²) in [4.78, 5) is 21.6. The second-order valence-electron chi connectivity index (χ2n) is 4.83. The highest BCUT2D eigenvalue weighted by atomic mass is 19.1. The Labute approximate surface area is 118 Å². The van der Waals surface area contributed by atoms with Crippen molar-refractivity contribution in [3.8, 4) is 5.69 Å². The van der Waals surface area contributed by atoms with Crippen molar-refractivity contribution < 1.29 is 18.5 Å². The van der Waals surface area contributed by atoms with Gasteiger partial charge in [0.15, 0.2) is 11.6 Å². The fourth-order valence-electron chi connectivity index (χ4n) is 2.60. The molecule has 0 spiro atoms. The van der Waals surface area contributed by atoms with Crippen LogP contribution in [-0.4, -0.2) is 15.3 Å². The summed E-state index contributed by atoms with van der Waals surface area (Å²) in [6, 6.07) is 2.90. The van der Waals surface area contributed by atoms with E-state index in [0.717, 1.165) is 6.07 Å². The number of benzene rings is 1. The summed E-state index contributed by atoms with van der Waals surface area (Å²) in [6.45, 7) is 0. The van der Waals surface area contributed by atoms with Crippen molar-refractivity contribution in [3.05, 3.63) is 57.4 Å². The standard InChI is InChI=1S/C14H10F2N2O3/c15-9-6-10(16)13(18(20)21)7-12(9)17-5-4-8-11(17)2-1-3-14(8)19/h4-7H,1-3H2. The maximum Gasteiger partial charge on any atom is 0.307 e. The lowest BCUT2D eigenvalue weighted by Gasteiger charge is -2.15. The number of rotatable bonds is 2. The molecule has 1 heterocycles. The topological polar surface area (TPSA) is 65.1 Å². The van der Waals surface area contributed by atoms with Gasteiger partial charge >= 0.3 is 5.69 Å². The van der Waals surface area contributed by atoms with Crippen LogP contribution >= 0.6 is 0 Å². The fourth-order valence-corrected chi connectivity index (χ4v) is 2.60. The molecule has 0 atom stereocenters. The van der Waals surface area contributed by atoms with E-state index in [4.69, 9.17) is 0 Å². The summed E-state index contributed by atoms with van der Waals surface area (Å²) in [5.41, 5.74) is 0.175. The molecule has 0 saturated carbocycles. The van der Waals surface area contributed by atoms with Crippen LogP contribution in [0.25, 0.3) is 5.69 Å². The molecular formula is C14H10F2N2O3. The van der Waals surface area contributed by atoms with E-state index in [1.54, 1.807) is 6.07 Å². The van der Waals surface area contributed by atoms with Gasteiger partial charge in [-0.2, -0.15) is 4.39 Å². The zero-order valence-electron chi connectivity index (χ0n) is 10.8. The van der Waals surface area contributed by atoms with Crippen LogP contribution in [0.5, 0.6) is 0 Å². The number of carbonyl (C=O) groups is 1. The Hall–Kier alpha value is -2.57. The number of nitro groups is 1. The maximum atomic E-state index is 14.0. The Morgan fingerprint density at radius 3 is 2.67 bits per heavy atom. The van der Waals surface area contributed by atoms with Crippen molar-refractivity contribution in [1.82, 2.24) is 4.57 Å². The molecule has 108 valence electrons. The Bertz CT molecular complexity index is 768. The lowest BCUT2D eigenvalue weighted by molar-refractivity contribution is -0.387. The lowest BCUT2D eigenvalue weighted by atomic mass is 9.96. The zero-order chi connectivity index (χ0) is 15.1. The van der Waals surface area contributed by atoms with Crippen molar-refractivity contribution >= 4 is 11.5 Å². The van der Waals surface area contributed by atoms with Gasteiger partial charge in [-0.3, -0.25) is 14.9 Å². The molecule has 2 aromatic rings. The van der Waals surface area contributed by atoms with Crippen LogP contribution in [0.4, 0.5) is 14.5 Å². The van der Waals surface area contributed by atoms with Crippen LogP contribution in [-0.2, 0) is 6.42 Å². The van der Waals surface area contributed by atoms with Crippen molar-refractivity contribution in [2.75, 3.05) is 0 Å². The molecule has 5 nitrogen and oxygen atoms in total. The van der Waals surface area contributed by atoms with Crippen LogP contribution in [0.2, 0.25) is 0 Å². The highest BCUT2D eigenvalue weighted by Crippen LogP contribution is 2.29. The first-order valence-corrected chi connectivity index (χ1v) is 6.36. The first-order valence-electron chi connectivity index (χ1n) is 6.36. The molecule has 3 rings (SSSR count). The maximum absolute atomic E-state index is 14.0. The summed E-state index contributed by atoms with van der Waals surface area (Å²) in [7, 11) is 0. The van der Waals surface area contributed by atoms with Crippen molar-refractivity contribution in [3.63, 3.8) is 0 Å². The number of carbonyl (C=O) groups excluding carboxylic acids is 1. The van der Waals surface area contributed by atoms with Gasteiger partial charge in [-0.05, 0) is 18.9 Å². The molecule has 0 radical (unpaired) electrons. The van der Waals surface area contributed by atoms with Crippen LogP contribution in [0, 0.1) is 21.7 Å². The molecule has 0 N–H and O–H groups in total. The number of hydrogen-bond donors (Lipinski definition) is 0. The van der Waals surface area contributed by atoms with Crippen LogP contribution in [0.15, 0.2) is 24.4 Å². The number of halogens is 2. The Balaban J connectivity index is 2.20. The van der Waals surface area contributed by atoms with Gasteiger partial charge in [0.05, 0.1) is 10.6 Å². The largest absolute Gasteiger partial charge is 0.317 e. The van der Waals surface area contributed by atoms with Gasteiger partial charge in [-0.15, -0.1) is 0 Å². The van der Waals surface area contributed by atoms with Gasteiger partial charge in [-0.25, -0.2) is 4.39 Å². The van der Waals surface area contributed by atoms with Gasteiger partial charge in [-0.1, -0.05) is 0 Å². The third-order valence-corrected chi connectivity index (χ3v) is 3.58. The summed E-state index contributed by atoms with van der Waals surface area (Å²) in [5.74, 6) is -2.17. The predicted octanol–water partition coefficient (Wildman–Crippen LogP) is 3.18. The molecule has 0 amide bonds. The van der Waals surface area contributed by atoms with Crippen LogP contribution < -0.4 is 0 Å². The van der Waals surface area contributed by atoms with Gasteiger partial charge < -0.3 is 4.57 Å². The zero-order valence-corrected chi connectivity index (χ0v) is 10.8. The van der Waals surface area contributed by atoms with Crippen molar-refractivity contribution in [2.45, 2.75) is 19.3 Å². The molecule has 1 aliphatic carbocycles. The average Bonchev–Trinajstić information content (AvgIpc) is 2.84. The average molecular weight is 292 g/mol. The second kappa shape index (κ2) is 4.76. The molecule has 1 aliphatic rings. The third kappa shape index (κ3) is 2.10. The molecule has 0 aliphatic heterocycles. The smallest absolute Gasteiger partial charge is 0.307 e. The quantitative estimate of drug-likeness (QED) is 0.630. The van der Waals surface area contributed by atoms with Crippen LogP contribution in [0.1, 0.15) is 28.9 Å². The van der Waals surface area contributed by atoms with Gasteiger partial charge in [0, 0.05) is 36.0 Å². The number of nitrogens with zero attached hydrogens (tertiary/aromatic N) is 2. The van der Waals surface area contributed by atoms with Gasteiger partial charge in [0.25, 0.3) is 0 Å². The van der Waals surface area contributed by atoms with E-state index in [2.05, 4.69) is 0 Å². The summed E-state index contributed by atoms with van der Waals surface area (Å²) >= 11 is 0. The Kier molecular flexibility index (Phi) is 3.04. The van der Waals surface area contributed by atoms with E-state index in [0.29, 0.717) is 36.6 Å². The molecule has 1 aromatic carbocycles. The first-order chi connectivity index (χ1) is 9.99. The molecule has 21 heavy (non-hydrogen) atoms. The first kappa shape index (κ1) is 13.4. The highest BCUT2D eigenvalue weighted by Gasteiger charge is 2.25. The number of ketones is 1. The monoisotopic (exact) mass is 292 g/mol. The van der Waals surface area contributed by atoms with Crippen molar-refractivity contribution in [1.29, 1.82) is 0 Å².